The van der Waals surface area contributed by atoms with Crippen molar-refractivity contribution < 1.29 is 4.39 Å². The van der Waals surface area contributed by atoms with Gasteiger partial charge in [-0.2, -0.15) is 5.10 Å². The van der Waals surface area contributed by atoms with Crippen molar-refractivity contribution in [2.75, 3.05) is 0 Å². The summed E-state index contributed by atoms with van der Waals surface area (Å²) in [6.07, 6.45) is 6.58. The molecule has 21 heavy (non-hydrogen) atoms. The van der Waals surface area contributed by atoms with Crippen molar-refractivity contribution in [3.05, 3.63) is 60.8 Å². The Labute approximate surface area is 123 Å². The molecule has 0 aliphatic heterocycles. The van der Waals surface area contributed by atoms with Crippen LogP contribution in [0.2, 0.25) is 0 Å². The number of aryl methyl sites for hydroxylation is 1. The Balaban J connectivity index is 2.11. The molecule has 0 aliphatic carbocycles. The molecule has 0 spiro atoms. The summed E-state index contributed by atoms with van der Waals surface area (Å²) in [4.78, 5) is 4.05. The lowest BCUT2D eigenvalue weighted by atomic mass is 10.0. The maximum atomic E-state index is 13.1. The number of benzene rings is 1. The van der Waals surface area contributed by atoms with Crippen LogP contribution in [0.4, 0.5) is 4.39 Å². The van der Waals surface area contributed by atoms with Crippen molar-refractivity contribution >= 4 is 0 Å². The summed E-state index contributed by atoms with van der Waals surface area (Å²) in [5.74, 6) is -0.239. The lowest BCUT2D eigenvalue weighted by Crippen LogP contribution is -1.96. The van der Waals surface area contributed by atoms with Crippen LogP contribution in [0.1, 0.15) is 13.3 Å². The van der Waals surface area contributed by atoms with E-state index in [2.05, 4.69) is 17.0 Å². The second kappa shape index (κ2) is 5.87. The first-order chi connectivity index (χ1) is 10.3. The van der Waals surface area contributed by atoms with Gasteiger partial charge in [0.15, 0.2) is 0 Å². The average molecular weight is 281 g/mol. The van der Waals surface area contributed by atoms with E-state index < -0.39 is 0 Å². The van der Waals surface area contributed by atoms with Gasteiger partial charge in [0.25, 0.3) is 0 Å². The van der Waals surface area contributed by atoms with Gasteiger partial charge in [-0.25, -0.2) is 4.39 Å². The second-order valence-corrected chi connectivity index (χ2v) is 4.90. The molecular formula is C17H16FN3. The van der Waals surface area contributed by atoms with Crippen molar-refractivity contribution in [2.45, 2.75) is 19.9 Å². The Morgan fingerprint density at radius 2 is 1.71 bits per heavy atom. The summed E-state index contributed by atoms with van der Waals surface area (Å²) < 4.78 is 15.1. The van der Waals surface area contributed by atoms with Gasteiger partial charge in [-0.15, -0.1) is 0 Å². The van der Waals surface area contributed by atoms with Crippen LogP contribution in [-0.4, -0.2) is 14.8 Å². The molecule has 2 aromatic heterocycles. The number of pyridine rings is 1. The Morgan fingerprint density at radius 3 is 2.38 bits per heavy atom. The highest BCUT2D eigenvalue weighted by Crippen LogP contribution is 2.30. The zero-order chi connectivity index (χ0) is 14.7. The van der Waals surface area contributed by atoms with Crippen LogP contribution in [0.5, 0.6) is 0 Å². The predicted molar refractivity (Wildman–Crippen MR) is 81.1 cm³/mol. The van der Waals surface area contributed by atoms with Crippen molar-refractivity contribution in [3.63, 3.8) is 0 Å². The van der Waals surface area contributed by atoms with Crippen LogP contribution >= 0.6 is 0 Å². The molecule has 4 heteroatoms. The predicted octanol–water partition coefficient (Wildman–Crippen LogP) is 4.16. The maximum absolute atomic E-state index is 13.1. The Morgan fingerprint density at radius 1 is 1.00 bits per heavy atom. The summed E-state index contributed by atoms with van der Waals surface area (Å²) in [5, 5.41) is 4.65. The molecule has 106 valence electrons. The van der Waals surface area contributed by atoms with E-state index >= 15 is 0 Å². The maximum Gasteiger partial charge on any atom is 0.123 e. The molecule has 3 aromatic rings. The minimum Gasteiger partial charge on any atom is -0.271 e. The quantitative estimate of drug-likeness (QED) is 0.719. The van der Waals surface area contributed by atoms with Crippen LogP contribution in [0.15, 0.2) is 55.0 Å². The molecule has 0 aliphatic rings. The summed E-state index contributed by atoms with van der Waals surface area (Å²) in [6.45, 7) is 2.98. The molecule has 0 unspecified atom stereocenters. The van der Waals surface area contributed by atoms with Crippen molar-refractivity contribution in [3.8, 4) is 22.4 Å². The summed E-state index contributed by atoms with van der Waals surface area (Å²) in [5.41, 5.74) is 3.89. The molecule has 1 aromatic carbocycles. The standard InChI is InChI=1S/C17H16FN3/c1-2-11-21-12-16(13-7-9-19-10-8-13)17(20-21)14-3-5-15(18)6-4-14/h3-10,12H,2,11H2,1H3. The Hall–Kier alpha value is -2.49. The molecule has 3 rings (SSSR count). The minimum atomic E-state index is -0.239. The summed E-state index contributed by atoms with van der Waals surface area (Å²) in [7, 11) is 0. The first-order valence-corrected chi connectivity index (χ1v) is 7.01. The number of rotatable bonds is 4. The van der Waals surface area contributed by atoms with Gasteiger partial charge in [-0.3, -0.25) is 9.67 Å². The first kappa shape index (κ1) is 13.5. The fourth-order valence-electron chi connectivity index (χ4n) is 2.33. The molecule has 0 amide bonds. The normalized spacial score (nSPS) is 10.8. The van der Waals surface area contributed by atoms with Gasteiger partial charge < -0.3 is 0 Å². The third-order valence-corrected chi connectivity index (χ3v) is 3.32. The average Bonchev–Trinajstić information content (AvgIpc) is 2.93. The molecule has 3 nitrogen and oxygen atoms in total. The third-order valence-electron chi connectivity index (χ3n) is 3.32. The lowest BCUT2D eigenvalue weighted by Gasteiger charge is -2.02. The van der Waals surface area contributed by atoms with Gasteiger partial charge in [-0.05, 0) is 48.4 Å². The van der Waals surface area contributed by atoms with Gasteiger partial charge >= 0.3 is 0 Å². The topological polar surface area (TPSA) is 30.7 Å². The summed E-state index contributed by atoms with van der Waals surface area (Å²) >= 11 is 0. The van der Waals surface area contributed by atoms with Gasteiger partial charge in [0, 0.05) is 36.3 Å². The highest BCUT2D eigenvalue weighted by Gasteiger charge is 2.13. The zero-order valence-corrected chi connectivity index (χ0v) is 11.8. The minimum absolute atomic E-state index is 0.239. The van der Waals surface area contributed by atoms with E-state index in [1.165, 1.54) is 12.1 Å². The molecule has 0 radical (unpaired) electrons. The van der Waals surface area contributed by atoms with Gasteiger partial charge in [-0.1, -0.05) is 6.92 Å². The fraction of sp³-hybridized carbons (Fsp3) is 0.176. The molecule has 2 heterocycles. The molecule has 0 fully saturated rings. The monoisotopic (exact) mass is 281 g/mol. The van der Waals surface area contributed by atoms with Crippen molar-refractivity contribution in [1.82, 2.24) is 14.8 Å². The van der Waals surface area contributed by atoms with Gasteiger partial charge in [0.1, 0.15) is 11.5 Å². The fourth-order valence-corrected chi connectivity index (χ4v) is 2.33. The van der Waals surface area contributed by atoms with Crippen LogP contribution in [0.25, 0.3) is 22.4 Å². The zero-order valence-electron chi connectivity index (χ0n) is 11.8. The number of halogens is 1. The van der Waals surface area contributed by atoms with Gasteiger partial charge in [0.2, 0.25) is 0 Å². The summed E-state index contributed by atoms with van der Waals surface area (Å²) in [6, 6.07) is 10.4. The molecule has 0 atom stereocenters. The van der Waals surface area contributed by atoms with Crippen LogP contribution < -0.4 is 0 Å². The van der Waals surface area contributed by atoms with E-state index in [1.54, 1.807) is 24.5 Å². The van der Waals surface area contributed by atoms with E-state index in [-0.39, 0.29) is 5.82 Å². The van der Waals surface area contributed by atoms with E-state index in [0.717, 1.165) is 35.3 Å². The van der Waals surface area contributed by atoms with Crippen LogP contribution in [-0.2, 0) is 6.54 Å². The van der Waals surface area contributed by atoms with Gasteiger partial charge in [0.05, 0.1) is 0 Å². The Bertz CT molecular complexity index is 718. The molecule has 0 saturated heterocycles. The molecule has 0 bridgehead atoms. The molecule has 0 saturated carbocycles. The number of nitrogens with zero attached hydrogens (tertiary/aromatic N) is 3. The SMILES string of the molecule is CCCn1cc(-c2ccncc2)c(-c2ccc(F)cc2)n1. The number of hydrogen-bond acceptors (Lipinski definition) is 2. The molecular weight excluding hydrogens is 265 g/mol. The largest absolute Gasteiger partial charge is 0.271 e. The van der Waals surface area contributed by atoms with Crippen LogP contribution in [0, 0.1) is 5.82 Å². The first-order valence-electron chi connectivity index (χ1n) is 7.01. The lowest BCUT2D eigenvalue weighted by molar-refractivity contribution is 0.604. The second-order valence-electron chi connectivity index (χ2n) is 4.90. The van der Waals surface area contributed by atoms with E-state index in [4.69, 9.17) is 0 Å². The highest BCUT2D eigenvalue weighted by molar-refractivity contribution is 5.80. The van der Waals surface area contributed by atoms with E-state index in [0.29, 0.717) is 0 Å². The van der Waals surface area contributed by atoms with Crippen LogP contribution in [0.3, 0.4) is 0 Å². The van der Waals surface area contributed by atoms with Crippen molar-refractivity contribution in [2.24, 2.45) is 0 Å². The smallest absolute Gasteiger partial charge is 0.123 e. The number of hydrogen-bond donors (Lipinski definition) is 0. The highest BCUT2D eigenvalue weighted by atomic mass is 19.1. The molecule has 0 N–H and O–H groups in total. The van der Waals surface area contributed by atoms with E-state index in [9.17, 15) is 4.39 Å². The third kappa shape index (κ3) is 2.84. The van der Waals surface area contributed by atoms with Crippen molar-refractivity contribution in [1.29, 1.82) is 0 Å². The number of aromatic nitrogens is 3. The Kier molecular flexibility index (Phi) is 3.77. The van der Waals surface area contributed by atoms with E-state index in [1.807, 2.05) is 23.0 Å².